The van der Waals surface area contributed by atoms with E-state index in [1.807, 2.05) is 7.05 Å². The average molecular weight is 369 g/mol. The third kappa shape index (κ3) is 3.73. The molecule has 4 heteroatoms. The van der Waals surface area contributed by atoms with Gasteiger partial charge in [-0.2, -0.15) is 0 Å². The first-order chi connectivity index (χ1) is 13.2. The zero-order chi connectivity index (χ0) is 18.7. The number of rotatable bonds is 3. The lowest BCUT2D eigenvalue weighted by Gasteiger charge is -2.49. The monoisotopic (exact) mass is 368 g/mol. The molecule has 4 rings (SSSR count). The molecule has 148 valence electrons. The van der Waals surface area contributed by atoms with Gasteiger partial charge in [0.05, 0.1) is 17.2 Å². The van der Waals surface area contributed by atoms with Crippen LogP contribution in [0.2, 0.25) is 0 Å². The molecule has 1 atom stereocenters. The molecule has 0 bridgehead atoms. The van der Waals surface area contributed by atoms with Crippen molar-refractivity contribution in [3.05, 3.63) is 24.3 Å². The Labute approximate surface area is 164 Å². The molecule has 1 saturated heterocycles. The Kier molecular flexibility index (Phi) is 5.72. The maximum Gasteiger partial charge on any atom is 0.204 e. The smallest absolute Gasteiger partial charge is 0.204 e. The summed E-state index contributed by atoms with van der Waals surface area (Å²) < 4.78 is 2.49. The molecule has 1 N–H and O–H groups in total. The van der Waals surface area contributed by atoms with Gasteiger partial charge < -0.3 is 5.32 Å². The second kappa shape index (κ2) is 8.22. The highest BCUT2D eigenvalue weighted by Crippen LogP contribution is 2.41. The Morgan fingerprint density at radius 3 is 2.41 bits per heavy atom. The number of imidazole rings is 1. The van der Waals surface area contributed by atoms with Crippen LogP contribution in [0.15, 0.2) is 24.3 Å². The zero-order valence-electron chi connectivity index (χ0n) is 17.2. The SMILES string of the molecule is CNc1nc2ccccc2n1C1CCCCN1C1(C)CCCCCCCC1. The van der Waals surface area contributed by atoms with Crippen LogP contribution in [0.3, 0.4) is 0 Å². The maximum absolute atomic E-state index is 4.88. The van der Waals surface area contributed by atoms with Gasteiger partial charge in [-0.1, -0.05) is 50.7 Å². The Balaban J connectivity index is 1.72. The summed E-state index contributed by atoms with van der Waals surface area (Å²) in [7, 11) is 2.01. The van der Waals surface area contributed by atoms with Crippen molar-refractivity contribution in [2.45, 2.75) is 89.3 Å². The van der Waals surface area contributed by atoms with E-state index in [1.54, 1.807) is 0 Å². The Morgan fingerprint density at radius 2 is 1.67 bits per heavy atom. The summed E-state index contributed by atoms with van der Waals surface area (Å²) in [6, 6.07) is 8.62. The van der Waals surface area contributed by atoms with E-state index in [-0.39, 0.29) is 0 Å². The van der Waals surface area contributed by atoms with Crippen LogP contribution < -0.4 is 5.32 Å². The second-order valence-corrected chi connectivity index (χ2v) is 8.83. The van der Waals surface area contributed by atoms with Crippen molar-refractivity contribution in [1.29, 1.82) is 0 Å². The largest absolute Gasteiger partial charge is 0.359 e. The van der Waals surface area contributed by atoms with Crippen LogP contribution in [0, 0.1) is 0 Å². The van der Waals surface area contributed by atoms with Gasteiger partial charge in [0.15, 0.2) is 0 Å². The molecule has 0 spiro atoms. The predicted octanol–water partition coefficient (Wildman–Crippen LogP) is 5.96. The average Bonchev–Trinajstić information content (AvgIpc) is 3.12. The van der Waals surface area contributed by atoms with Gasteiger partial charge in [0, 0.05) is 19.1 Å². The highest BCUT2D eigenvalue weighted by Gasteiger charge is 2.39. The minimum absolute atomic E-state index is 0.311. The first-order valence-electron chi connectivity index (χ1n) is 11.1. The van der Waals surface area contributed by atoms with Crippen molar-refractivity contribution in [3.8, 4) is 0 Å². The number of hydrogen-bond acceptors (Lipinski definition) is 3. The summed E-state index contributed by atoms with van der Waals surface area (Å²) >= 11 is 0. The third-order valence-corrected chi connectivity index (χ3v) is 6.96. The van der Waals surface area contributed by atoms with Gasteiger partial charge >= 0.3 is 0 Å². The van der Waals surface area contributed by atoms with Gasteiger partial charge in [-0.05, 0) is 51.2 Å². The Hall–Kier alpha value is -1.55. The van der Waals surface area contributed by atoms with E-state index >= 15 is 0 Å². The number of nitrogens with one attached hydrogen (secondary N) is 1. The fourth-order valence-corrected chi connectivity index (χ4v) is 5.47. The van der Waals surface area contributed by atoms with Gasteiger partial charge in [-0.3, -0.25) is 9.47 Å². The molecule has 2 aliphatic rings. The van der Waals surface area contributed by atoms with Gasteiger partial charge in [0.25, 0.3) is 0 Å². The fourth-order valence-electron chi connectivity index (χ4n) is 5.47. The lowest BCUT2D eigenvalue weighted by atomic mass is 9.85. The summed E-state index contributed by atoms with van der Waals surface area (Å²) in [5, 5.41) is 3.38. The van der Waals surface area contributed by atoms with Gasteiger partial charge in [0.1, 0.15) is 0 Å². The van der Waals surface area contributed by atoms with Crippen LogP contribution in [0.4, 0.5) is 5.95 Å². The third-order valence-electron chi connectivity index (χ3n) is 6.96. The summed E-state index contributed by atoms with van der Waals surface area (Å²) in [5.74, 6) is 1.01. The molecule has 1 aliphatic heterocycles. The molecule has 1 unspecified atom stereocenters. The van der Waals surface area contributed by atoms with E-state index in [9.17, 15) is 0 Å². The molecule has 0 amide bonds. The molecule has 2 heterocycles. The topological polar surface area (TPSA) is 33.1 Å². The van der Waals surface area contributed by atoms with Crippen LogP contribution in [0.5, 0.6) is 0 Å². The quantitative estimate of drug-likeness (QED) is 0.726. The predicted molar refractivity (Wildman–Crippen MR) is 114 cm³/mol. The van der Waals surface area contributed by atoms with Crippen molar-refractivity contribution in [2.24, 2.45) is 0 Å². The van der Waals surface area contributed by atoms with Crippen LogP contribution in [0.1, 0.15) is 83.7 Å². The Bertz CT molecular complexity index is 740. The van der Waals surface area contributed by atoms with Crippen LogP contribution in [0.25, 0.3) is 11.0 Å². The second-order valence-electron chi connectivity index (χ2n) is 8.83. The summed E-state index contributed by atoms with van der Waals surface area (Å²) in [4.78, 5) is 7.74. The van der Waals surface area contributed by atoms with Crippen LogP contribution >= 0.6 is 0 Å². The molecule has 1 aromatic carbocycles. The van der Waals surface area contributed by atoms with Crippen molar-refractivity contribution in [1.82, 2.24) is 14.5 Å². The number of hydrogen-bond donors (Lipinski definition) is 1. The van der Waals surface area contributed by atoms with Gasteiger partial charge in [-0.15, -0.1) is 0 Å². The Morgan fingerprint density at radius 1 is 0.963 bits per heavy atom. The number of anilines is 1. The lowest BCUT2D eigenvalue weighted by molar-refractivity contribution is -0.0160. The van der Waals surface area contributed by atoms with E-state index in [0.717, 1.165) is 11.5 Å². The van der Waals surface area contributed by atoms with E-state index in [2.05, 4.69) is 46.0 Å². The number of aromatic nitrogens is 2. The van der Waals surface area contributed by atoms with Crippen molar-refractivity contribution >= 4 is 17.0 Å². The molecule has 1 aromatic heterocycles. The number of piperidine rings is 1. The zero-order valence-corrected chi connectivity index (χ0v) is 17.2. The highest BCUT2D eigenvalue weighted by molar-refractivity contribution is 5.78. The molecule has 4 nitrogen and oxygen atoms in total. The standard InChI is InChI=1S/C23H36N4/c1-23(16-10-5-3-4-6-11-17-23)26-18-12-9-15-21(26)27-20-14-8-7-13-19(20)25-22(27)24-2/h7-8,13-14,21H,3-6,9-12,15-18H2,1-2H3,(H,24,25). The molecular formula is C23H36N4. The van der Waals surface area contributed by atoms with E-state index in [1.165, 1.54) is 82.7 Å². The van der Waals surface area contributed by atoms with Crippen molar-refractivity contribution < 1.29 is 0 Å². The molecule has 1 saturated carbocycles. The normalized spacial score (nSPS) is 24.9. The van der Waals surface area contributed by atoms with E-state index < -0.39 is 0 Å². The minimum atomic E-state index is 0.311. The lowest BCUT2D eigenvalue weighted by Crippen LogP contribution is -2.52. The minimum Gasteiger partial charge on any atom is -0.359 e. The molecule has 1 aliphatic carbocycles. The van der Waals surface area contributed by atoms with E-state index in [4.69, 9.17) is 4.98 Å². The first kappa shape index (κ1) is 18.8. The molecule has 27 heavy (non-hydrogen) atoms. The molecular weight excluding hydrogens is 332 g/mol. The summed E-state index contributed by atoms with van der Waals surface area (Å²) in [5.41, 5.74) is 2.68. The van der Waals surface area contributed by atoms with Crippen LogP contribution in [-0.2, 0) is 0 Å². The van der Waals surface area contributed by atoms with Gasteiger partial charge in [-0.25, -0.2) is 4.98 Å². The number of nitrogens with zero attached hydrogens (tertiary/aromatic N) is 3. The molecule has 2 aromatic rings. The van der Waals surface area contributed by atoms with Gasteiger partial charge in [0.2, 0.25) is 5.95 Å². The number of likely N-dealkylation sites (tertiary alicyclic amines) is 1. The first-order valence-corrected chi connectivity index (χ1v) is 11.1. The molecule has 2 fully saturated rings. The fraction of sp³-hybridized carbons (Fsp3) is 0.696. The van der Waals surface area contributed by atoms with Crippen molar-refractivity contribution in [2.75, 3.05) is 18.9 Å². The molecule has 0 radical (unpaired) electrons. The number of benzene rings is 1. The summed E-state index contributed by atoms with van der Waals surface area (Å²) in [6.07, 6.45) is 15.4. The number of para-hydroxylation sites is 2. The van der Waals surface area contributed by atoms with Crippen molar-refractivity contribution in [3.63, 3.8) is 0 Å². The number of fused-ring (bicyclic) bond motifs is 1. The maximum atomic E-state index is 4.88. The summed E-state index contributed by atoms with van der Waals surface area (Å²) in [6.45, 7) is 3.77. The highest BCUT2D eigenvalue weighted by atomic mass is 15.4. The van der Waals surface area contributed by atoms with E-state index in [0.29, 0.717) is 11.7 Å². The van der Waals surface area contributed by atoms with Crippen LogP contribution in [-0.4, -0.2) is 33.6 Å².